The number of aromatic nitrogens is 3. The van der Waals surface area contributed by atoms with E-state index in [1.54, 1.807) is 6.20 Å². The van der Waals surface area contributed by atoms with Gasteiger partial charge in [0.15, 0.2) is 0 Å². The quantitative estimate of drug-likeness (QED) is 0.855. The molecule has 0 aliphatic heterocycles. The molecule has 2 rings (SSSR count). The molecule has 0 bridgehead atoms. The predicted molar refractivity (Wildman–Crippen MR) is 76.0 cm³/mol. The number of pyridine rings is 1. The van der Waals surface area contributed by atoms with Crippen molar-refractivity contribution >= 4 is 17.2 Å². The van der Waals surface area contributed by atoms with Crippen molar-refractivity contribution in [1.29, 1.82) is 0 Å². The Hall–Kier alpha value is -1.75. The van der Waals surface area contributed by atoms with Crippen LogP contribution in [0.25, 0.3) is 5.69 Å². The van der Waals surface area contributed by atoms with Crippen molar-refractivity contribution in [3.8, 4) is 5.69 Å². The van der Waals surface area contributed by atoms with Gasteiger partial charge in [-0.3, -0.25) is 4.98 Å². The zero-order valence-corrected chi connectivity index (χ0v) is 11.4. The second-order valence-electron chi connectivity index (χ2n) is 3.98. The van der Waals surface area contributed by atoms with Crippen LogP contribution < -0.4 is 5.73 Å². The summed E-state index contributed by atoms with van der Waals surface area (Å²) in [6, 6.07) is 5.91. The van der Waals surface area contributed by atoms with E-state index in [4.69, 9.17) is 18.0 Å². The van der Waals surface area contributed by atoms with Crippen LogP contribution in [0.5, 0.6) is 0 Å². The highest BCUT2D eigenvalue weighted by molar-refractivity contribution is 7.80. The molecule has 2 N–H and O–H groups in total. The van der Waals surface area contributed by atoms with E-state index in [0.717, 1.165) is 29.9 Å². The van der Waals surface area contributed by atoms with Gasteiger partial charge in [-0.1, -0.05) is 26.1 Å². The van der Waals surface area contributed by atoms with Crippen LogP contribution >= 0.6 is 12.2 Å². The number of hydrogen-bond acceptors (Lipinski definition) is 3. The minimum Gasteiger partial charge on any atom is -0.388 e. The molecule has 0 unspecified atom stereocenters. The van der Waals surface area contributed by atoms with Crippen LogP contribution in [0.15, 0.2) is 24.4 Å². The Labute approximate surface area is 112 Å². The summed E-state index contributed by atoms with van der Waals surface area (Å²) >= 11 is 5.04. The fourth-order valence-corrected chi connectivity index (χ4v) is 2.02. The Bertz CT molecular complexity index is 574. The first-order chi connectivity index (χ1) is 8.67. The minimum atomic E-state index is 0.293. The fraction of sp³-hybridized carbons (Fsp3) is 0.308. The molecular weight excluding hydrogens is 244 g/mol. The van der Waals surface area contributed by atoms with Gasteiger partial charge in [0.2, 0.25) is 0 Å². The van der Waals surface area contributed by atoms with Gasteiger partial charge in [-0.15, -0.1) is 0 Å². The van der Waals surface area contributed by atoms with E-state index in [0.29, 0.717) is 10.7 Å². The molecule has 0 atom stereocenters. The van der Waals surface area contributed by atoms with Gasteiger partial charge in [-0.05, 0) is 31.0 Å². The molecule has 0 aromatic carbocycles. The Morgan fingerprint density at radius 3 is 2.78 bits per heavy atom. The first-order valence-corrected chi connectivity index (χ1v) is 6.41. The van der Waals surface area contributed by atoms with E-state index in [1.165, 1.54) is 0 Å². The van der Waals surface area contributed by atoms with E-state index in [9.17, 15) is 0 Å². The molecular formula is C13H16N4S. The van der Waals surface area contributed by atoms with Crippen molar-refractivity contribution in [2.75, 3.05) is 0 Å². The van der Waals surface area contributed by atoms with E-state index < -0.39 is 0 Å². The lowest BCUT2D eigenvalue weighted by Crippen LogP contribution is -2.16. The molecule has 0 spiro atoms. The normalized spacial score (nSPS) is 10.6. The first kappa shape index (κ1) is 12.7. The SMILES string of the molecule is CCc1cc(CC)n(-c2cccnc2C(N)=S)n1. The van der Waals surface area contributed by atoms with Crippen LogP contribution in [-0.2, 0) is 12.8 Å². The molecule has 0 radical (unpaired) electrons. The second kappa shape index (κ2) is 5.27. The fourth-order valence-electron chi connectivity index (χ4n) is 1.87. The van der Waals surface area contributed by atoms with Crippen molar-refractivity contribution in [2.24, 2.45) is 5.73 Å². The number of aryl methyl sites for hydroxylation is 2. The number of rotatable bonds is 4. The van der Waals surface area contributed by atoms with Crippen LogP contribution in [0, 0.1) is 0 Å². The van der Waals surface area contributed by atoms with Crippen molar-refractivity contribution < 1.29 is 0 Å². The minimum absolute atomic E-state index is 0.293. The Balaban J connectivity index is 2.61. The van der Waals surface area contributed by atoms with Gasteiger partial charge in [-0.2, -0.15) is 5.10 Å². The molecule has 0 saturated carbocycles. The molecule has 0 fully saturated rings. The summed E-state index contributed by atoms with van der Waals surface area (Å²) in [5.74, 6) is 0. The lowest BCUT2D eigenvalue weighted by Gasteiger charge is -2.09. The molecule has 0 aliphatic carbocycles. The molecule has 2 aromatic rings. The Morgan fingerprint density at radius 1 is 1.39 bits per heavy atom. The van der Waals surface area contributed by atoms with E-state index in [2.05, 4.69) is 30.0 Å². The van der Waals surface area contributed by atoms with Gasteiger partial charge in [0, 0.05) is 11.9 Å². The summed E-state index contributed by atoms with van der Waals surface area (Å²) in [6.07, 6.45) is 3.50. The number of hydrogen-bond donors (Lipinski definition) is 1. The smallest absolute Gasteiger partial charge is 0.124 e. The Kier molecular flexibility index (Phi) is 3.72. The summed E-state index contributed by atoms with van der Waals surface area (Å²) < 4.78 is 1.89. The number of nitrogens with two attached hydrogens (primary N) is 1. The van der Waals surface area contributed by atoms with Crippen molar-refractivity contribution in [3.63, 3.8) is 0 Å². The third-order valence-corrected chi connectivity index (χ3v) is 3.00. The predicted octanol–water partition coefficient (Wildman–Crippen LogP) is 2.03. The van der Waals surface area contributed by atoms with Crippen LogP contribution in [0.4, 0.5) is 0 Å². The third-order valence-electron chi connectivity index (χ3n) is 2.81. The molecule has 2 heterocycles. The molecule has 0 amide bonds. The second-order valence-corrected chi connectivity index (χ2v) is 4.42. The first-order valence-electron chi connectivity index (χ1n) is 6.00. The van der Waals surface area contributed by atoms with Gasteiger partial charge in [0.25, 0.3) is 0 Å². The zero-order valence-electron chi connectivity index (χ0n) is 10.6. The highest BCUT2D eigenvalue weighted by Gasteiger charge is 2.13. The maximum absolute atomic E-state index is 5.71. The summed E-state index contributed by atoms with van der Waals surface area (Å²) in [4.78, 5) is 4.53. The van der Waals surface area contributed by atoms with Gasteiger partial charge in [-0.25, -0.2) is 4.68 Å². The molecule has 2 aromatic heterocycles. The summed E-state index contributed by atoms with van der Waals surface area (Å²) in [5.41, 5.74) is 9.37. The summed E-state index contributed by atoms with van der Waals surface area (Å²) in [6.45, 7) is 4.19. The zero-order chi connectivity index (χ0) is 13.1. The van der Waals surface area contributed by atoms with Crippen LogP contribution in [0.1, 0.15) is 30.9 Å². The number of thiocarbonyl (C=S) groups is 1. The molecule has 18 heavy (non-hydrogen) atoms. The van der Waals surface area contributed by atoms with Crippen LogP contribution in [0.3, 0.4) is 0 Å². The van der Waals surface area contributed by atoms with Crippen LogP contribution in [0.2, 0.25) is 0 Å². The molecule has 4 nitrogen and oxygen atoms in total. The maximum Gasteiger partial charge on any atom is 0.124 e. The van der Waals surface area contributed by atoms with Crippen molar-refractivity contribution in [1.82, 2.24) is 14.8 Å². The lowest BCUT2D eigenvalue weighted by atomic mass is 10.2. The highest BCUT2D eigenvalue weighted by Crippen LogP contribution is 2.16. The standard InChI is InChI=1S/C13H16N4S/c1-3-9-8-10(4-2)17(16-9)11-6-5-7-15-12(11)13(14)18/h5-8H,3-4H2,1-2H3,(H2,14,18). The maximum atomic E-state index is 5.71. The summed E-state index contributed by atoms with van der Waals surface area (Å²) in [7, 11) is 0. The van der Waals surface area contributed by atoms with Gasteiger partial charge in [0.05, 0.1) is 11.4 Å². The lowest BCUT2D eigenvalue weighted by molar-refractivity contribution is 0.789. The third kappa shape index (κ3) is 2.26. The average molecular weight is 260 g/mol. The van der Waals surface area contributed by atoms with Crippen molar-refractivity contribution in [3.05, 3.63) is 41.5 Å². The van der Waals surface area contributed by atoms with Gasteiger partial charge in [0.1, 0.15) is 10.7 Å². The molecule has 0 aliphatic rings. The monoisotopic (exact) mass is 260 g/mol. The molecule has 5 heteroatoms. The van der Waals surface area contributed by atoms with Gasteiger partial charge < -0.3 is 5.73 Å². The number of nitrogens with zero attached hydrogens (tertiary/aromatic N) is 3. The van der Waals surface area contributed by atoms with Crippen molar-refractivity contribution in [2.45, 2.75) is 26.7 Å². The molecule has 94 valence electrons. The van der Waals surface area contributed by atoms with Gasteiger partial charge >= 0.3 is 0 Å². The Morgan fingerprint density at radius 2 is 2.17 bits per heavy atom. The average Bonchev–Trinajstić information content (AvgIpc) is 2.81. The highest BCUT2D eigenvalue weighted by atomic mass is 32.1. The van der Waals surface area contributed by atoms with Crippen LogP contribution in [-0.4, -0.2) is 19.8 Å². The van der Waals surface area contributed by atoms with E-state index in [1.807, 2.05) is 16.8 Å². The molecule has 0 saturated heterocycles. The van der Waals surface area contributed by atoms with E-state index >= 15 is 0 Å². The largest absolute Gasteiger partial charge is 0.388 e. The topological polar surface area (TPSA) is 56.7 Å². The van der Waals surface area contributed by atoms with E-state index in [-0.39, 0.29) is 0 Å². The summed E-state index contributed by atoms with van der Waals surface area (Å²) in [5, 5.41) is 4.57.